The quantitative estimate of drug-likeness (QED) is 0.834. The van der Waals surface area contributed by atoms with Gasteiger partial charge < -0.3 is 5.32 Å². The van der Waals surface area contributed by atoms with Crippen molar-refractivity contribution >= 4 is 0 Å². The average Bonchev–Trinajstić information content (AvgIpc) is 2.47. The number of likely N-dealkylation sites (N-methyl/N-ethyl adjacent to an activating group) is 1. The Kier molecular flexibility index (Phi) is 4.17. The molecular weight excluding hydrogens is 242 g/mol. The third-order valence-corrected chi connectivity index (χ3v) is 4.43. The van der Waals surface area contributed by atoms with E-state index < -0.39 is 0 Å². The lowest BCUT2D eigenvalue weighted by Crippen LogP contribution is -2.40. The maximum absolute atomic E-state index is 3.70. The van der Waals surface area contributed by atoms with Gasteiger partial charge in [0, 0.05) is 12.0 Å². The minimum Gasteiger partial charge on any atom is -0.314 e. The van der Waals surface area contributed by atoms with Crippen molar-refractivity contribution in [2.45, 2.75) is 38.1 Å². The summed E-state index contributed by atoms with van der Waals surface area (Å²) in [6, 6.07) is 20.3. The second-order valence-electron chi connectivity index (χ2n) is 5.70. The van der Waals surface area contributed by atoms with Gasteiger partial charge in [0.05, 0.1) is 0 Å². The van der Waals surface area contributed by atoms with Crippen molar-refractivity contribution in [2.24, 2.45) is 0 Å². The summed E-state index contributed by atoms with van der Waals surface area (Å²) in [5.41, 5.74) is 4.55. The molecule has 0 amide bonds. The Bertz CT molecular complexity index is 547. The lowest BCUT2D eigenvalue weighted by Gasteiger charge is -2.37. The highest BCUT2D eigenvalue weighted by Crippen LogP contribution is 2.38. The number of aryl methyl sites for hydroxylation is 1. The van der Waals surface area contributed by atoms with Crippen molar-refractivity contribution in [1.82, 2.24) is 5.32 Å². The molecule has 2 atom stereocenters. The van der Waals surface area contributed by atoms with Crippen LogP contribution in [0.5, 0.6) is 0 Å². The lowest BCUT2D eigenvalue weighted by molar-refractivity contribution is 0.386. The molecule has 1 aliphatic carbocycles. The van der Waals surface area contributed by atoms with Crippen LogP contribution in [0.4, 0.5) is 0 Å². The highest BCUT2D eigenvalue weighted by molar-refractivity contribution is 5.41. The zero-order valence-corrected chi connectivity index (χ0v) is 12.2. The SMILES string of the molecule is CCNC(CCc1ccccc1)C1Cc2ccccc21. The molecule has 104 valence electrons. The van der Waals surface area contributed by atoms with Gasteiger partial charge in [-0.3, -0.25) is 0 Å². The van der Waals surface area contributed by atoms with Crippen molar-refractivity contribution in [3.05, 3.63) is 71.3 Å². The molecule has 0 fully saturated rings. The van der Waals surface area contributed by atoms with Gasteiger partial charge >= 0.3 is 0 Å². The van der Waals surface area contributed by atoms with Gasteiger partial charge in [-0.2, -0.15) is 0 Å². The average molecular weight is 265 g/mol. The van der Waals surface area contributed by atoms with E-state index in [1.807, 2.05) is 0 Å². The van der Waals surface area contributed by atoms with Gasteiger partial charge in [0.2, 0.25) is 0 Å². The van der Waals surface area contributed by atoms with Crippen molar-refractivity contribution in [1.29, 1.82) is 0 Å². The Morgan fingerprint density at radius 3 is 2.55 bits per heavy atom. The predicted octanol–water partition coefficient (Wildman–Crippen LogP) is 3.94. The van der Waals surface area contributed by atoms with Crippen LogP contribution in [0.15, 0.2) is 54.6 Å². The van der Waals surface area contributed by atoms with E-state index in [-0.39, 0.29) is 0 Å². The summed E-state index contributed by atoms with van der Waals surface area (Å²) in [6.07, 6.45) is 3.62. The number of hydrogen-bond acceptors (Lipinski definition) is 1. The van der Waals surface area contributed by atoms with E-state index >= 15 is 0 Å². The summed E-state index contributed by atoms with van der Waals surface area (Å²) in [5.74, 6) is 0.704. The minimum absolute atomic E-state index is 0.607. The molecule has 1 N–H and O–H groups in total. The molecule has 2 unspecified atom stereocenters. The van der Waals surface area contributed by atoms with E-state index in [4.69, 9.17) is 0 Å². The molecule has 1 heteroatoms. The van der Waals surface area contributed by atoms with Crippen LogP contribution in [0.2, 0.25) is 0 Å². The standard InChI is InChI=1S/C19H23N/c1-2-20-19(13-12-15-8-4-3-5-9-15)18-14-16-10-6-7-11-17(16)18/h3-11,18-20H,2,12-14H2,1H3. The Balaban J connectivity index is 1.65. The van der Waals surface area contributed by atoms with E-state index in [0.717, 1.165) is 13.0 Å². The van der Waals surface area contributed by atoms with E-state index in [2.05, 4.69) is 66.8 Å². The van der Waals surface area contributed by atoms with Crippen LogP contribution in [0.1, 0.15) is 36.0 Å². The fourth-order valence-corrected chi connectivity index (χ4v) is 3.33. The molecule has 0 saturated carbocycles. The zero-order chi connectivity index (χ0) is 13.8. The van der Waals surface area contributed by atoms with Crippen LogP contribution in [0, 0.1) is 0 Å². The van der Waals surface area contributed by atoms with Gasteiger partial charge in [0.15, 0.2) is 0 Å². The van der Waals surface area contributed by atoms with Crippen molar-refractivity contribution < 1.29 is 0 Å². The smallest absolute Gasteiger partial charge is 0.0142 e. The molecule has 0 spiro atoms. The van der Waals surface area contributed by atoms with Gasteiger partial charge in [0.25, 0.3) is 0 Å². The normalized spacial score (nSPS) is 18.1. The highest BCUT2D eigenvalue weighted by atomic mass is 14.9. The number of nitrogens with one attached hydrogen (secondary N) is 1. The summed E-state index contributed by atoms with van der Waals surface area (Å²) < 4.78 is 0. The van der Waals surface area contributed by atoms with Crippen molar-refractivity contribution in [3.8, 4) is 0 Å². The third kappa shape index (κ3) is 2.78. The molecule has 20 heavy (non-hydrogen) atoms. The molecule has 0 saturated heterocycles. The van der Waals surface area contributed by atoms with E-state index in [1.54, 1.807) is 11.1 Å². The first kappa shape index (κ1) is 13.4. The largest absolute Gasteiger partial charge is 0.314 e. The first-order valence-corrected chi connectivity index (χ1v) is 7.73. The Morgan fingerprint density at radius 1 is 1.05 bits per heavy atom. The van der Waals surface area contributed by atoms with E-state index in [0.29, 0.717) is 12.0 Å². The highest BCUT2D eigenvalue weighted by Gasteiger charge is 2.31. The first-order valence-electron chi connectivity index (χ1n) is 7.73. The van der Waals surface area contributed by atoms with Crippen LogP contribution in [0.3, 0.4) is 0 Å². The number of fused-ring (bicyclic) bond motifs is 1. The Labute approximate surface area is 122 Å². The first-order chi connectivity index (χ1) is 9.88. The lowest BCUT2D eigenvalue weighted by atomic mass is 9.72. The van der Waals surface area contributed by atoms with E-state index in [9.17, 15) is 0 Å². The molecule has 1 nitrogen and oxygen atoms in total. The molecule has 0 aromatic heterocycles. The molecular formula is C19H23N. The van der Waals surface area contributed by atoms with Crippen LogP contribution in [-0.4, -0.2) is 12.6 Å². The topological polar surface area (TPSA) is 12.0 Å². The Morgan fingerprint density at radius 2 is 1.80 bits per heavy atom. The number of rotatable bonds is 6. The molecule has 2 aromatic rings. The van der Waals surface area contributed by atoms with Crippen molar-refractivity contribution in [3.63, 3.8) is 0 Å². The maximum Gasteiger partial charge on any atom is 0.0142 e. The number of benzene rings is 2. The van der Waals surface area contributed by atoms with Crippen molar-refractivity contribution in [2.75, 3.05) is 6.54 Å². The molecule has 3 rings (SSSR count). The maximum atomic E-state index is 3.70. The van der Waals surface area contributed by atoms with Gasteiger partial charge in [-0.15, -0.1) is 0 Å². The summed E-state index contributed by atoms with van der Waals surface area (Å²) in [4.78, 5) is 0. The molecule has 2 aromatic carbocycles. The molecule has 0 heterocycles. The van der Waals surface area contributed by atoms with Gasteiger partial charge in [0.1, 0.15) is 0 Å². The van der Waals surface area contributed by atoms with Crippen LogP contribution in [0.25, 0.3) is 0 Å². The van der Waals surface area contributed by atoms with Crippen LogP contribution >= 0.6 is 0 Å². The summed E-state index contributed by atoms with van der Waals surface area (Å²) in [6.45, 7) is 3.26. The monoisotopic (exact) mass is 265 g/mol. The van der Waals surface area contributed by atoms with E-state index in [1.165, 1.54) is 18.4 Å². The summed E-state index contributed by atoms with van der Waals surface area (Å²) in [7, 11) is 0. The van der Waals surface area contributed by atoms with Gasteiger partial charge in [-0.25, -0.2) is 0 Å². The molecule has 0 aliphatic heterocycles. The van der Waals surface area contributed by atoms with Crippen LogP contribution in [-0.2, 0) is 12.8 Å². The zero-order valence-electron chi connectivity index (χ0n) is 12.2. The van der Waals surface area contributed by atoms with Gasteiger partial charge in [-0.1, -0.05) is 61.5 Å². The minimum atomic E-state index is 0.607. The van der Waals surface area contributed by atoms with Gasteiger partial charge in [-0.05, 0) is 42.5 Å². The second kappa shape index (κ2) is 6.23. The fraction of sp³-hybridized carbons (Fsp3) is 0.368. The third-order valence-electron chi connectivity index (χ3n) is 4.43. The summed E-state index contributed by atoms with van der Waals surface area (Å²) >= 11 is 0. The Hall–Kier alpha value is -1.60. The second-order valence-corrected chi connectivity index (χ2v) is 5.70. The predicted molar refractivity (Wildman–Crippen MR) is 85.1 cm³/mol. The molecule has 1 aliphatic rings. The molecule has 0 bridgehead atoms. The molecule has 0 radical (unpaired) electrons. The number of hydrogen-bond donors (Lipinski definition) is 1. The summed E-state index contributed by atoms with van der Waals surface area (Å²) in [5, 5.41) is 3.70. The van der Waals surface area contributed by atoms with Crippen LogP contribution < -0.4 is 5.32 Å². The fourth-order valence-electron chi connectivity index (χ4n) is 3.33.